The Morgan fingerprint density at radius 2 is 1.53 bits per heavy atom. The lowest BCUT2D eigenvalue weighted by Crippen LogP contribution is -2.39. The first-order valence-electron chi connectivity index (χ1n) is 10.2. The van der Waals surface area contributed by atoms with Crippen LogP contribution >= 0.6 is 11.8 Å². The van der Waals surface area contributed by atoms with E-state index in [1.165, 1.54) is 10.6 Å². The largest absolute Gasteiger partial charge is 0.497 e. The van der Waals surface area contributed by atoms with Gasteiger partial charge < -0.3 is 4.74 Å². The van der Waals surface area contributed by atoms with Crippen LogP contribution in [0.4, 0.5) is 0 Å². The molecule has 3 aromatic carbocycles. The molecule has 1 aromatic heterocycles. The molecule has 4 aromatic rings. The van der Waals surface area contributed by atoms with Gasteiger partial charge in [0.15, 0.2) is 0 Å². The Morgan fingerprint density at radius 3 is 2.12 bits per heavy atom. The molecule has 0 radical (unpaired) electrons. The van der Waals surface area contributed by atoms with Gasteiger partial charge in [0, 0.05) is 11.0 Å². The predicted octanol–water partition coefficient (Wildman–Crippen LogP) is 4.75. The van der Waals surface area contributed by atoms with Gasteiger partial charge in [-0.15, -0.1) is 11.8 Å². The second-order valence-corrected chi connectivity index (χ2v) is 8.36. The average molecular weight is 445 g/mol. The molecule has 6 heteroatoms. The van der Waals surface area contributed by atoms with E-state index in [0.29, 0.717) is 11.4 Å². The molecule has 0 aliphatic rings. The summed E-state index contributed by atoms with van der Waals surface area (Å²) in [4.78, 5) is 27.8. The average Bonchev–Trinajstić information content (AvgIpc) is 2.82. The van der Waals surface area contributed by atoms with Crippen molar-refractivity contribution >= 4 is 11.8 Å². The maximum Gasteiger partial charge on any atom is 0.336 e. The fourth-order valence-electron chi connectivity index (χ4n) is 3.55. The van der Waals surface area contributed by atoms with Gasteiger partial charge in [-0.25, -0.2) is 4.79 Å². The smallest absolute Gasteiger partial charge is 0.336 e. The zero-order chi connectivity index (χ0) is 22.7. The standard InChI is InChI=1S/C26H24N2O3S/c1-18-4-8-20(9-5-18)24-16-25(29)27(17-19-6-12-22(31-2)13-7-19)26(30)28(24)21-10-14-23(32-3)15-11-21/h4-16H,17H2,1-3H3. The minimum atomic E-state index is -0.374. The number of ether oxygens (including phenoxy) is 1. The molecule has 0 fully saturated rings. The van der Waals surface area contributed by atoms with E-state index in [9.17, 15) is 9.59 Å². The molecule has 0 bridgehead atoms. The van der Waals surface area contributed by atoms with Gasteiger partial charge in [-0.3, -0.25) is 13.9 Å². The van der Waals surface area contributed by atoms with E-state index in [1.807, 2.05) is 86.0 Å². The Morgan fingerprint density at radius 1 is 0.875 bits per heavy atom. The van der Waals surface area contributed by atoms with E-state index < -0.39 is 0 Å². The summed E-state index contributed by atoms with van der Waals surface area (Å²) in [7, 11) is 1.60. The van der Waals surface area contributed by atoms with Crippen molar-refractivity contribution in [3.63, 3.8) is 0 Å². The summed E-state index contributed by atoms with van der Waals surface area (Å²) in [6, 6.07) is 24.5. The highest BCUT2D eigenvalue weighted by atomic mass is 32.2. The summed E-state index contributed by atoms with van der Waals surface area (Å²) < 4.78 is 8.08. The Bertz CT molecular complexity index is 1340. The van der Waals surface area contributed by atoms with Crippen molar-refractivity contribution in [1.82, 2.24) is 9.13 Å². The lowest BCUT2D eigenvalue weighted by Gasteiger charge is -2.16. The van der Waals surface area contributed by atoms with Crippen molar-refractivity contribution in [2.24, 2.45) is 0 Å². The number of benzene rings is 3. The first-order valence-corrected chi connectivity index (χ1v) is 11.4. The third-order valence-corrected chi connectivity index (χ3v) is 6.11. The van der Waals surface area contributed by atoms with Crippen LogP contribution in [0.5, 0.6) is 5.75 Å². The number of hydrogen-bond acceptors (Lipinski definition) is 4. The molecule has 0 aliphatic heterocycles. The van der Waals surface area contributed by atoms with Gasteiger partial charge in [0.25, 0.3) is 5.56 Å². The monoisotopic (exact) mass is 444 g/mol. The molecule has 0 saturated carbocycles. The van der Waals surface area contributed by atoms with Gasteiger partial charge in [-0.05, 0) is 60.7 Å². The Balaban J connectivity index is 1.89. The van der Waals surface area contributed by atoms with Crippen LogP contribution < -0.4 is 16.0 Å². The third-order valence-electron chi connectivity index (χ3n) is 5.37. The van der Waals surface area contributed by atoms with E-state index in [-0.39, 0.29) is 17.8 Å². The van der Waals surface area contributed by atoms with Gasteiger partial charge >= 0.3 is 5.69 Å². The van der Waals surface area contributed by atoms with Crippen LogP contribution in [-0.4, -0.2) is 22.5 Å². The molecule has 0 saturated heterocycles. The van der Waals surface area contributed by atoms with Gasteiger partial charge in [0.2, 0.25) is 0 Å². The number of nitrogens with zero attached hydrogens (tertiary/aromatic N) is 2. The number of methoxy groups -OCH3 is 1. The summed E-state index contributed by atoms with van der Waals surface area (Å²) >= 11 is 1.64. The van der Waals surface area contributed by atoms with E-state index in [2.05, 4.69) is 0 Å². The van der Waals surface area contributed by atoms with E-state index in [0.717, 1.165) is 27.3 Å². The maximum absolute atomic E-state index is 13.6. The highest BCUT2D eigenvalue weighted by Crippen LogP contribution is 2.23. The molecular weight excluding hydrogens is 420 g/mol. The van der Waals surface area contributed by atoms with Crippen LogP contribution in [0.15, 0.2) is 93.3 Å². The van der Waals surface area contributed by atoms with Crippen molar-refractivity contribution in [1.29, 1.82) is 0 Å². The molecule has 162 valence electrons. The van der Waals surface area contributed by atoms with Gasteiger partial charge in [0.05, 0.1) is 25.0 Å². The van der Waals surface area contributed by atoms with Crippen molar-refractivity contribution in [3.8, 4) is 22.7 Å². The molecule has 5 nitrogen and oxygen atoms in total. The summed E-state index contributed by atoms with van der Waals surface area (Å²) in [5, 5.41) is 0. The summed E-state index contributed by atoms with van der Waals surface area (Å²) in [5.74, 6) is 0.724. The van der Waals surface area contributed by atoms with Crippen molar-refractivity contribution < 1.29 is 4.74 Å². The van der Waals surface area contributed by atoms with Gasteiger partial charge in [-0.2, -0.15) is 0 Å². The SMILES string of the molecule is COc1ccc(Cn2c(=O)cc(-c3ccc(C)cc3)n(-c3ccc(SC)cc3)c2=O)cc1. The normalized spacial score (nSPS) is 10.8. The zero-order valence-electron chi connectivity index (χ0n) is 18.2. The number of thioether (sulfide) groups is 1. The lowest BCUT2D eigenvalue weighted by molar-refractivity contribution is 0.414. The van der Waals surface area contributed by atoms with Gasteiger partial charge in [0.1, 0.15) is 5.75 Å². The van der Waals surface area contributed by atoms with Gasteiger partial charge in [-0.1, -0.05) is 42.0 Å². The zero-order valence-corrected chi connectivity index (χ0v) is 19.1. The fraction of sp³-hybridized carbons (Fsp3) is 0.154. The van der Waals surface area contributed by atoms with Crippen LogP contribution in [0.25, 0.3) is 16.9 Å². The van der Waals surface area contributed by atoms with Crippen LogP contribution in [0, 0.1) is 6.92 Å². The van der Waals surface area contributed by atoms with Crippen molar-refractivity contribution in [2.75, 3.05) is 13.4 Å². The quantitative estimate of drug-likeness (QED) is 0.403. The Labute approximate surface area is 190 Å². The number of hydrogen-bond donors (Lipinski definition) is 0. The Kier molecular flexibility index (Phi) is 6.32. The molecule has 0 atom stereocenters. The van der Waals surface area contributed by atoms with E-state index in [4.69, 9.17) is 4.74 Å². The minimum absolute atomic E-state index is 0.179. The molecule has 0 unspecified atom stereocenters. The third kappa shape index (κ3) is 4.41. The fourth-order valence-corrected chi connectivity index (χ4v) is 3.96. The Hall–Kier alpha value is -3.51. The molecule has 0 spiro atoms. The highest BCUT2D eigenvalue weighted by molar-refractivity contribution is 7.98. The second-order valence-electron chi connectivity index (χ2n) is 7.48. The first kappa shape index (κ1) is 21.7. The number of aromatic nitrogens is 2. The summed E-state index contributed by atoms with van der Waals surface area (Å²) in [6.07, 6.45) is 2.01. The second kappa shape index (κ2) is 9.32. The molecule has 0 amide bonds. The molecule has 4 rings (SSSR count). The highest BCUT2D eigenvalue weighted by Gasteiger charge is 2.15. The summed E-state index contributed by atoms with van der Waals surface area (Å²) in [6.45, 7) is 2.18. The molecule has 0 aliphatic carbocycles. The molecule has 32 heavy (non-hydrogen) atoms. The molecule has 1 heterocycles. The van der Waals surface area contributed by atoms with Crippen LogP contribution in [0.2, 0.25) is 0 Å². The lowest BCUT2D eigenvalue weighted by atomic mass is 10.1. The van der Waals surface area contributed by atoms with Crippen LogP contribution in [-0.2, 0) is 6.54 Å². The first-order chi connectivity index (χ1) is 15.5. The van der Waals surface area contributed by atoms with Crippen LogP contribution in [0.1, 0.15) is 11.1 Å². The number of aryl methyl sites for hydroxylation is 1. The van der Waals surface area contributed by atoms with Crippen molar-refractivity contribution in [2.45, 2.75) is 18.4 Å². The molecule has 0 N–H and O–H groups in total. The van der Waals surface area contributed by atoms with Crippen LogP contribution in [0.3, 0.4) is 0 Å². The van der Waals surface area contributed by atoms with Crippen molar-refractivity contribution in [3.05, 3.63) is 111 Å². The minimum Gasteiger partial charge on any atom is -0.497 e. The maximum atomic E-state index is 13.6. The van der Waals surface area contributed by atoms with E-state index >= 15 is 0 Å². The topological polar surface area (TPSA) is 53.2 Å². The van der Waals surface area contributed by atoms with E-state index in [1.54, 1.807) is 23.4 Å². The molecular formula is C26H24N2O3S. The number of rotatable bonds is 6. The summed E-state index contributed by atoms with van der Waals surface area (Å²) in [5.41, 5.74) is 3.35. The predicted molar refractivity (Wildman–Crippen MR) is 130 cm³/mol.